The van der Waals surface area contributed by atoms with E-state index in [9.17, 15) is 9.59 Å². The van der Waals surface area contributed by atoms with Gasteiger partial charge in [0.1, 0.15) is 12.1 Å². The molecule has 1 aromatic heterocycles. The summed E-state index contributed by atoms with van der Waals surface area (Å²) in [6, 6.07) is 0. The fraction of sp³-hybridized carbons (Fsp3) is 0.667. The highest BCUT2D eigenvalue weighted by Gasteiger charge is 2.15. The predicted molar refractivity (Wildman–Crippen MR) is 50.1 cm³/mol. The first kappa shape index (κ1) is 9.18. The van der Waals surface area contributed by atoms with Gasteiger partial charge in [-0.15, -0.1) is 0 Å². The first-order chi connectivity index (χ1) is 6.83. The van der Waals surface area contributed by atoms with Gasteiger partial charge < -0.3 is 4.79 Å². The summed E-state index contributed by atoms with van der Waals surface area (Å²) >= 11 is 0. The summed E-state index contributed by atoms with van der Waals surface area (Å²) in [7, 11) is 0. The Hall–Kier alpha value is -1.39. The predicted octanol–water partition coefficient (Wildman–Crippen LogP) is -0.0299. The average Bonchev–Trinajstić information content (AvgIpc) is 2.54. The van der Waals surface area contributed by atoms with E-state index in [1.165, 1.54) is 4.68 Å². The number of aromatic nitrogens is 3. The molecule has 0 radical (unpaired) electrons. The van der Waals surface area contributed by atoms with E-state index in [0.717, 1.165) is 37.9 Å². The molecular weight excluding hydrogens is 182 g/mol. The van der Waals surface area contributed by atoms with Crippen molar-refractivity contribution in [3.05, 3.63) is 16.3 Å². The second-order valence-electron chi connectivity index (χ2n) is 3.49. The minimum Gasteiger partial charge on any atom is -0.303 e. The molecule has 0 saturated carbocycles. The van der Waals surface area contributed by atoms with E-state index in [-0.39, 0.29) is 5.69 Å². The number of nitrogens with zero attached hydrogens (tertiary/aromatic N) is 3. The molecule has 2 heterocycles. The molecule has 76 valence electrons. The summed E-state index contributed by atoms with van der Waals surface area (Å²) in [5, 5.41) is 4.20. The van der Waals surface area contributed by atoms with Crippen molar-refractivity contribution in [2.75, 3.05) is 0 Å². The molecule has 0 amide bonds. The lowest BCUT2D eigenvalue weighted by Gasteiger charge is -2.09. The second kappa shape index (κ2) is 3.77. The van der Waals surface area contributed by atoms with Crippen LogP contribution in [0.15, 0.2) is 4.79 Å². The molecule has 0 fully saturated rings. The molecule has 1 aliphatic rings. The number of aldehydes is 1. The van der Waals surface area contributed by atoms with Crippen LogP contribution in [0.4, 0.5) is 0 Å². The first-order valence-electron chi connectivity index (χ1n) is 4.93. The first-order valence-corrected chi connectivity index (χ1v) is 4.93. The van der Waals surface area contributed by atoms with Gasteiger partial charge in [0.2, 0.25) is 0 Å². The van der Waals surface area contributed by atoms with Gasteiger partial charge in [0, 0.05) is 19.4 Å². The van der Waals surface area contributed by atoms with Gasteiger partial charge in [-0.2, -0.15) is 5.10 Å². The summed E-state index contributed by atoms with van der Waals surface area (Å²) in [5.74, 6) is 0.868. The van der Waals surface area contributed by atoms with Gasteiger partial charge in [-0.3, -0.25) is 4.57 Å². The van der Waals surface area contributed by atoms with Crippen LogP contribution >= 0.6 is 0 Å². The zero-order valence-corrected chi connectivity index (χ0v) is 7.98. The van der Waals surface area contributed by atoms with Crippen LogP contribution in [0.1, 0.15) is 25.1 Å². The number of hydrogen-bond acceptors (Lipinski definition) is 3. The van der Waals surface area contributed by atoms with Gasteiger partial charge >= 0.3 is 5.69 Å². The lowest BCUT2D eigenvalue weighted by Crippen LogP contribution is -2.27. The third-order valence-corrected chi connectivity index (χ3v) is 2.49. The molecule has 0 N–H and O–H groups in total. The minimum atomic E-state index is -0.0680. The van der Waals surface area contributed by atoms with Crippen LogP contribution in [0.5, 0.6) is 0 Å². The maximum Gasteiger partial charge on any atom is 0.345 e. The molecule has 0 atom stereocenters. The Morgan fingerprint density at radius 1 is 1.43 bits per heavy atom. The summed E-state index contributed by atoms with van der Waals surface area (Å²) in [6.07, 6.45) is 4.20. The number of carbonyl (C=O) groups excluding carboxylic acids is 1. The van der Waals surface area contributed by atoms with Gasteiger partial charge in [0.05, 0.1) is 6.54 Å². The zero-order valence-electron chi connectivity index (χ0n) is 7.98. The van der Waals surface area contributed by atoms with E-state index in [4.69, 9.17) is 0 Å². The van der Waals surface area contributed by atoms with E-state index in [1.807, 2.05) is 0 Å². The Bertz CT molecular complexity index is 391. The molecule has 5 heteroatoms. The fourth-order valence-electron chi connectivity index (χ4n) is 1.77. The van der Waals surface area contributed by atoms with Crippen molar-refractivity contribution in [3.8, 4) is 0 Å². The quantitative estimate of drug-likeness (QED) is 0.636. The SMILES string of the molecule is O=CCCn1nc2n(c1=O)CCCC2. The smallest absolute Gasteiger partial charge is 0.303 e. The van der Waals surface area contributed by atoms with Crippen LogP contribution in [0.25, 0.3) is 0 Å². The Labute approximate surface area is 81.3 Å². The topological polar surface area (TPSA) is 56.9 Å². The molecule has 0 aliphatic carbocycles. The maximum atomic E-state index is 11.7. The molecule has 0 bridgehead atoms. The summed E-state index contributed by atoms with van der Waals surface area (Å²) in [6.45, 7) is 1.18. The number of hydrogen-bond donors (Lipinski definition) is 0. The van der Waals surface area contributed by atoms with Crippen LogP contribution in [0, 0.1) is 0 Å². The van der Waals surface area contributed by atoms with Crippen molar-refractivity contribution in [1.82, 2.24) is 14.3 Å². The van der Waals surface area contributed by atoms with E-state index in [0.29, 0.717) is 13.0 Å². The van der Waals surface area contributed by atoms with Gasteiger partial charge in [0.25, 0.3) is 0 Å². The van der Waals surface area contributed by atoms with Crippen LogP contribution in [0.2, 0.25) is 0 Å². The molecule has 0 spiro atoms. The van der Waals surface area contributed by atoms with Crippen molar-refractivity contribution < 1.29 is 4.79 Å². The van der Waals surface area contributed by atoms with Crippen molar-refractivity contribution >= 4 is 6.29 Å². The normalized spacial score (nSPS) is 15.1. The molecule has 2 rings (SSSR count). The van der Waals surface area contributed by atoms with E-state index >= 15 is 0 Å². The van der Waals surface area contributed by atoms with Gasteiger partial charge in [-0.1, -0.05) is 0 Å². The molecular formula is C9H13N3O2. The number of fused-ring (bicyclic) bond motifs is 1. The highest BCUT2D eigenvalue weighted by atomic mass is 16.2. The zero-order chi connectivity index (χ0) is 9.97. The van der Waals surface area contributed by atoms with Crippen LogP contribution < -0.4 is 5.69 Å². The van der Waals surface area contributed by atoms with Gasteiger partial charge in [-0.25, -0.2) is 9.48 Å². The Morgan fingerprint density at radius 2 is 2.29 bits per heavy atom. The van der Waals surface area contributed by atoms with E-state index in [2.05, 4.69) is 5.10 Å². The van der Waals surface area contributed by atoms with Crippen molar-refractivity contribution in [1.29, 1.82) is 0 Å². The Kier molecular flexibility index (Phi) is 2.47. The number of rotatable bonds is 3. The maximum absolute atomic E-state index is 11.7. The molecule has 1 aliphatic heterocycles. The van der Waals surface area contributed by atoms with Gasteiger partial charge in [-0.05, 0) is 12.8 Å². The largest absolute Gasteiger partial charge is 0.345 e. The molecule has 0 aromatic carbocycles. The highest BCUT2D eigenvalue weighted by molar-refractivity contribution is 5.48. The Morgan fingerprint density at radius 3 is 3.00 bits per heavy atom. The molecule has 14 heavy (non-hydrogen) atoms. The highest BCUT2D eigenvalue weighted by Crippen LogP contribution is 2.09. The Balaban J connectivity index is 2.29. The third-order valence-electron chi connectivity index (χ3n) is 2.49. The molecule has 0 unspecified atom stereocenters. The monoisotopic (exact) mass is 195 g/mol. The fourth-order valence-corrected chi connectivity index (χ4v) is 1.77. The molecule has 0 saturated heterocycles. The minimum absolute atomic E-state index is 0.0680. The molecule has 1 aromatic rings. The van der Waals surface area contributed by atoms with Crippen molar-refractivity contribution in [2.24, 2.45) is 0 Å². The second-order valence-corrected chi connectivity index (χ2v) is 3.49. The van der Waals surface area contributed by atoms with Gasteiger partial charge in [0.15, 0.2) is 0 Å². The molecule has 5 nitrogen and oxygen atoms in total. The third kappa shape index (κ3) is 1.49. The number of aryl methyl sites for hydroxylation is 2. The summed E-state index contributed by atoms with van der Waals surface area (Å²) in [5.41, 5.74) is -0.0680. The average molecular weight is 195 g/mol. The lowest BCUT2D eigenvalue weighted by atomic mass is 10.2. The van der Waals surface area contributed by atoms with Crippen molar-refractivity contribution in [3.63, 3.8) is 0 Å². The number of carbonyl (C=O) groups is 1. The van der Waals surface area contributed by atoms with Crippen LogP contribution in [-0.2, 0) is 24.3 Å². The lowest BCUT2D eigenvalue weighted by molar-refractivity contribution is -0.108. The van der Waals surface area contributed by atoms with Crippen LogP contribution in [0.3, 0.4) is 0 Å². The standard InChI is InChI=1S/C9H13N3O2/c13-7-3-6-12-9(14)11-5-2-1-4-8(11)10-12/h7H,1-6H2. The summed E-state index contributed by atoms with van der Waals surface area (Å²) < 4.78 is 3.11. The van der Waals surface area contributed by atoms with E-state index in [1.54, 1.807) is 4.57 Å². The summed E-state index contributed by atoms with van der Waals surface area (Å²) in [4.78, 5) is 21.8. The van der Waals surface area contributed by atoms with Crippen LogP contribution in [-0.4, -0.2) is 20.6 Å². The van der Waals surface area contributed by atoms with Crippen molar-refractivity contribution in [2.45, 2.75) is 38.8 Å². The van der Waals surface area contributed by atoms with E-state index < -0.39 is 0 Å².